The number of amides is 2. The SMILES string of the molecule is CCNC(=NCc1cccc(NC(C)=O)c1)NCC(CC)(CC)NC(=O)OC(C)(C)C. The Morgan fingerprint density at radius 3 is 2.29 bits per heavy atom. The molecule has 8 heteroatoms. The van der Waals surface area contributed by atoms with Crippen LogP contribution in [0.4, 0.5) is 10.5 Å². The van der Waals surface area contributed by atoms with Crippen molar-refractivity contribution in [2.24, 2.45) is 4.99 Å². The second-order valence-corrected chi connectivity index (χ2v) is 8.54. The summed E-state index contributed by atoms with van der Waals surface area (Å²) in [6.07, 6.45) is 1.07. The molecule has 0 aliphatic rings. The number of guanidine groups is 1. The fourth-order valence-electron chi connectivity index (χ4n) is 2.96. The van der Waals surface area contributed by atoms with E-state index in [4.69, 9.17) is 4.74 Å². The number of hydrogen-bond donors (Lipinski definition) is 4. The lowest BCUT2D eigenvalue weighted by Crippen LogP contribution is -2.57. The van der Waals surface area contributed by atoms with Crippen LogP contribution in [0, 0.1) is 0 Å². The van der Waals surface area contributed by atoms with Gasteiger partial charge in [-0.15, -0.1) is 0 Å². The zero-order chi connectivity index (χ0) is 23.5. The molecule has 0 saturated carbocycles. The molecular formula is C23H39N5O3. The van der Waals surface area contributed by atoms with E-state index >= 15 is 0 Å². The van der Waals surface area contributed by atoms with Gasteiger partial charge in [-0.1, -0.05) is 26.0 Å². The number of nitrogens with zero attached hydrogens (tertiary/aromatic N) is 1. The highest BCUT2D eigenvalue weighted by Gasteiger charge is 2.30. The zero-order valence-electron chi connectivity index (χ0n) is 20.0. The Bertz CT molecular complexity index is 752. The Morgan fingerprint density at radius 1 is 1.06 bits per heavy atom. The van der Waals surface area contributed by atoms with Crippen molar-refractivity contribution in [3.8, 4) is 0 Å². The van der Waals surface area contributed by atoms with E-state index in [1.807, 2.05) is 65.8 Å². The number of hydrogen-bond acceptors (Lipinski definition) is 4. The van der Waals surface area contributed by atoms with Crippen molar-refractivity contribution in [1.29, 1.82) is 0 Å². The number of carbonyl (C=O) groups excluding carboxylic acids is 2. The number of ether oxygens (including phenoxy) is 1. The summed E-state index contributed by atoms with van der Waals surface area (Å²) >= 11 is 0. The second kappa shape index (κ2) is 12.2. The minimum atomic E-state index is -0.549. The summed E-state index contributed by atoms with van der Waals surface area (Å²) < 4.78 is 5.44. The van der Waals surface area contributed by atoms with Gasteiger partial charge in [0.15, 0.2) is 5.96 Å². The maximum Gasteiger partial charge on any atom is 0.408 e. The lowest BCUT2D eigenvalue weighted by atomic mass is 9.93. The summed E-state index contributed by atoms with van der Waals surface area (Å²) in [7, 11) is 0. The number of carbonyl (C=O) groups is 2. The van der Waals surface area contributed by atoms with Gasteiger partial charge < -0.3 is 26.0 Å². The van der Waals surface area contributed by atoms with Gasteiger partial charge in [0.05, 0.1) is 12.1 Å². The van der Waals surface area contributed by atoms with Gasteiger partial charge in [-0.25, -0.2) is 9.79 Å². The van der Waals surface area contributed by atoms with Crippen LogP contribution in [0.2, 0.25) is 0 Å². The first-order valence-corrected chi connectivity index (χ1v) is 10.9. The largest absolute Gasteiger partial charge is 0.444 e. The van der Waals surface area contributed by atoms with Gasteiger partial charge in [-0.05, 0) is 58.2 Å². The molecular weight excluding hydrogens is 394 g/mol. The summed E-state index contributed by atoms with van der Waals surface area (Å²) in [4.78, 5) is 28.3. The lowest BCUT2D eigenvalue weighted by molar-refractivity contribution is -0.114. The second-order valence-electron chi connectivity index (χ2n) is 8.54. The van der Waals surface area contributed by atoms with Crippen molar-refractivity contribution in [3.05, 3.63) is 29.8 Å². The van der Waals surface area contributed by atoms with Crippen molar-refractivity contribution in [2.45, 2.75) is 79.0 Å². The average Bonchev–Trinajstić information content (AvgIpc) is 2.67. The van der Waals surface area contributed by atoms with Gasteiger partial charge in [-0.3, -0.25) is 4.79 Å². The van der Waals surface area contributed by atoms with Crippen LogP contribution < -0.4 is 21.3 Å². The maximum absolute atomic E-state index is 12.3. The van der Waals surface area contributed by atoms with Crippen LogP contribution in [0.25, 0.3) is 0 Å². The predicted octanol–water partition coefficient (Wildman–Crippen LogP) is 3.78. The first-order chi connectivity index (χ1) is 14.5. The van der Waals surface area contributed by atoms with Crippen molar-refractivity contribution >= 4 is 23.6 Å². The standard InChI is InChI=1S/C23H39N5O3/c1-8-23(9-2,28-21(30)31-22(5,6)7)16-26-20(24-10-3)25-15-18-12-11-13-19(14-18)27-17(4)29/h11-14H,8-10,15-16H2,1-7H3,(H,27,29)(H,28,30)(H2,24,25,26). The first kappa shape index (κ1) is 26.3. The van der Waals surface area contributed by atoms with E-state index in [-0.39, 0.29) is 5.91 Å². The molecule has 0 aliphatic heterocycles. The molecule has 0 spiro atoms. The van der Waals surface area contributed by atoms with E-state index in [0.29, 0.717) is 25.6 Å². The summed E-state index contributed by atoms with van der Waals surface area (Å²) in [5.41, 5.74) is 0.722. The van der Waals surface area contributed by atoms with E-state index < -0.39 is 17.2 Å². The highest BCUT2D eigenvalue weighted by atomic mass is 16.6. The number of aliphatic imine (C=N–C) groups is 1. The van der Waals surface area contributed by atoms with Crippen LogP contribution in [0.5, 0.6) is 0 Å². The number of nitrogens with one attached hydrogen (secondary N) is 4. The normalized spacial score (nSPS) is 12.2. The van der Waals surface area contributed by atoms with Gasteiger partial charge in [0, 0.05) is 25.7 Å². The van der Waals surface area contributed by atoms with E-state index in [9.17, 15) is 9.59 Å². The first-order valence-electron chi connectivity index (χ1n) is 10.9. The maximum atomic E-state index is 12.3. The molecule has 8 nitrogen and oxygen atoms in total. The Kier molecular flexibility index (Phi) is 10.3. The lowest BCUT2D eigenvalue weighted by Gasteiger charge is -2.34. The van der Waals surface area contributed by atoms with Crippen LogP contribution in [0.3, 0.4) is 0 Å². The average molecular weight is 434 g/mol. The van der Waals surface area contributed by atoms with Gasteiger partial charge in [0.25, 0.3) is 0 Å². The highest BCUT2D eigenvalue weighted by molar-refractivity contribution is 5.88. The summed E-state index contributed by atoms with van der Waals surface area (Å²) in [6, 6.07) is 7.60. The molecule has 1 rings (SSSR count). The molecule has 1 aromatic carbocycles. The van der Waals surface area contributed by atoms with Crippen LogP contribution in [-0.4, -0.2) is 42.2 Å². The van der Waals surface area contributed by atoms with E-state index in [1.165, 1.54) is 6.92 Å². The predicted molar refractivity (Wildman–Crippen MR) is 126 cm³/mol. The molecule has 174 valence electrons. The number of alkyl carbamates (subject to hydrolysis) is 1. The monoisotopic (exact) mass is 433 g/mol. The fraction of sp³-hybridized carbons (Fsp3) is 0.609. The number of benzene rings is 1. The number of rotatable bonds is 9. The fourth-order valence-corrected chi connectivity index (χ4v) is 2.96. The topological polar surface area (TPSA) is 104 Å². The van der Waals surface area contributed by atoms with Gasteiger partial charge in [-0.2, -0.15) is 0 Å². The van der Waals surface area contributed by atoms with Crippen molar-refractivity contribution in [3.63, 3.8) is 0 Å². The van der Waals surface area contributed by atoms with Gasteiger partial charge in [0.1, 0.15) is 5.60 Å². The van der Waals surface area contributed by atoms with Crippen LogP contribution in [0.15, 0.2) is 29.3 Å². The van der Waals surface area contributed by atoms with E-state index in [2.05, 4.69) is 26.3 Å². The smallest absolute Gasteiger partial charge is 0.408 e. The molecule has 0 radical (unpaired) electrons. The van der Waals surface area contributed by atoms with Crippen LogP contribution in [0.1, 0.15) is 66.9 Å². The Balaban J connectivity index is 2.85. The molecule has 4 N–H and O–H groups in total. The van der Waals surface area contributed by atoms with Crippen molar-refractivity contribution in [2.75, 3.05) is 18.4 Å². The zero-order valence-corrected chi connectivity index (χ0v) is 20.0. The Hall–Kier alpha value is -2.77. The van der Waals surface area contributed by atoms with Crippen molar-refractivity contribution < 1.29 is 14.3 Å². The van der Waals surface area contributed by atoms with Gasteiger partial charge in [0.2, 0.25) is 5.91 Å². The summed E-state index contributed by atoms with van der Waals surface area (Å²) in [6.45, 7) is 14.8. The molecule has 0 heterocycles. The Labute approximate surface area is 186 Å². The summed E-state index contributed by atoms with van der Waals surface area (Å²) in [5.74, 6) is 0.549. The third-order valence-corrected chi connectivity index (χ3v) is 4.73. The molecule has 0 aromatic heterocycles. The van der Waals surface area contributed by atoms with Crippen LogP contribution >= 0.6 is 0 Å². The minimum Gasteiger partial charge on any atom is -0.444 e. The number of anilines is 1. The molecule has 0 bridgehead atoms. The molecule has 0 unspecified atom stereocenters. The highest BCUT2D eigenvalue weighted by Crippen LogP contribution is 2.16. The molecule has 0 fully saturated rings. The Morgan fingerprint density at radius 2 is 1.74 bits per heavy atom. The van der Waals surface area contributed by atoms with Gasteiger partial charge >= 0.3 is 6.09 Å². The van der Waals surface area contributed by atoms with E-state index in [1.54, 1.807) is 0 Å². The third kappa shape index (κ3) is 10.2. The third-order valence-electron chi connectivity index (χ3n) is 4.73. The van der Waals surface area contributed by atoms with Crippen molar-refractivity contribution in [1.82, 2.24) is 16.0 Å². The quantitative estimate of drug-likeness (QED) is 0.350. The molecule has 31 heavy (non-hydrogen) atoms. The minimum absolute atomic E-state index is 0.108. The molecule has 2 amide bonds. The molecule has 0 saturated heterocycles. The van der Waals surface area contributed by atoms with E-state index in [0.717, 1.165) is 24.1 Å². The van der Waals surface area contributed by atoms with Crippen LogP contribution in [-0.2, 0) is 16.1 Å². The molecule has 0 atom stereocenters. The summed E-state index contributed by atoms with van der Waals surface area (Å²) in [5, 5.41) is 12.4. The molecule has 1 aromatic rings. The molecule has 0 aliphatic carbocycles.